The summed E-state index contributed by atoms with van der Waals surface area (Å²) in [5, 5.41) is 2.73. The second-order valence-electron chi connectivity index (χ2n) is 9.94. The van der Waals surface area contributed by atoms with Crippen molar-refractivity contribution in [3.63, 3.8) is 0 Å². The molecular weight excluding hydrogens is 600 g/mol. The molecule has 0 spiro atoms. The minimum Gasteiger partial charge on any atom is -0.479 e. The zero-order valence-electron chi connectivity index (χ0n) is 23.0. The average Bonchev–Trinajstić information content (AvgIpc) is 2.98. The number of amides is 2. The number of hydrogen-bond acceptors (Lipinski definition) is 7. The Balaban J connectivity index is 1.52. The number of nitrogens with one attached hydrogen (secondary N) is 1. The smallest absolute Gasteiger partial charge is 0.420 e. The predicted molar refractivity (Wildman–Crippen MR) is 143 cm³/mol. The van der Waals surface area contributed by atoms with E-state index in [9.17, 15) is 36.7 Å². The van der Waals surface area contributed by atoms with Crippen LogP contribution in [0.25, 0.3) is 0 Å². The van der Waals surface area contributed by atoms with Gasteiger partial charge < -0.3 is 19.5 Å². The summed E-state index contributed by atoms with van der Waals surface area (Å²) < 4.78 is 72.0. The number of fused-ring (bicyclic) bond motifs is 1. The number of Topliss-reactive ketones (excluding diaryl/α,β-unsaturated/α-hetero) is 1. The maximum absolute atomic E-state index is 14.1. The lowest BCUT2D eigenvalue weighted by atomic mass is 9.99. The molecule has 2 aliphatic rings. The van der Waals surface area contributed by atoms with E-state index in [-0.39, 0.29) is 12.5 Å². The van der Waals surface area contributed by atoms with Crippen LogP contribution < -0.4 is 10.1 Å². The summed E-state index contributed by atoms with van der Waals surface area (Å²) in [4.78, 5) is 52.5. The van der Waals surface area contributed by atoms with Crippen LogP contribution in [0.4, 0.5) is 17.6 Å². The summed E-state index contributed by atoms with van der Waals surface area (Å²) in [5.74, 6) is -11.9. The number of benzene rings is 2. The summed E-state index contributed by atoms with van der Waals surface area (Å²) in [6, 6.07) is 2.03. The molecule has 2 aliphatic heterocycles. The molecule has 0 saturated carbocycles. The molecule has 43 heavy (non-hydrogen) atoms. The number of carbonyl (C=O) groups is 4. The molecule has 4 rings (SSSR count). The van der Waals surface area contributed by atoms with Crippen LogP contribution in [-0.4, -0.2) is 72.4 Å². The van der Waals surface area contributed by atoms with Gasteiger partial charge in [-0.05, 0) is 17.7 Å². The Labute approximate surface area is 248 Å². The van der Waals surface area contributed by atoms with Crippen LogP contribution in [0, 0.1) is 23.3 Å². The lowest BCUT2D eigenvalue weighted by Gasteiger charge is -2.24. The molecule has 0 radical (unpaired) electrons. The molecular formula is C29H28ClF4N2O7+. The number of ether oxygens (including phenoxy) is 3. The van der Waals surface area contributed by atoms with E-state index in [2.05, 4.69) is 5.32 Å². The molecule has 2 aromatic carbocycles. The Morgan fingerprint density at radius 2 is 1.77 bits per heavy atom. The number of ketones is 1. The van der Waals surface area contributed by atoms with E-state index < -0.39 is 83.8 Å². The molecule has 1 saturated heterocycles. The Kier molecular flexibility index (Phi) is 10.5. The highest BCUT2D eigenvalue weighted by Crippen LogP contribution is 2.27. The van der Waals surface area contributed by atoms with E-state index in [0.717, 1.165) is 0 Å². The Bertz CT molecular complexity index is 1440. The van der Waals surface area contributed by atoms with Crippen molar-refractivity contribution in [1.29, 1.82) is 0 Å². The molecule has 14 heteroatoms. The monoisotopic (exact) mass is 627 g/mol. The first-order valence-electron chi connectivity index (χ1n) is 13.5. The van der Waals surface area contributed by atoms with Crippen molar-refractivity contribution in [2.24, 2.45) is 0 Å². The van der Waals surface area contributed by atoms with Crippen LogP contribution in [0.2, 0.25) is 5.02 Å². The summed E-state index contributed by atoms with van der Waals surface area (Å²) in [7, 11) is 0. The fourth-order valence-electron chi connectivity index (χ4n) is 4.75. The van der Waals surface area contributed by atoms with Crippen molar-refractivity contribution < 1.29 is 55.5 Å². The van der Waals surface area contributed by atoms with Crippen LogP contribution in [0.15, 0.2) is 24.3 Å². The van der Waals surface area contributed by atoms with E-state index in [0.29, 0.717) is 48.6 Å². The average molecular weight is 628 g/mol. The zero-order chi connectivity index (χ0) is 31.3. The van der Waals surface area contributed by atoms with Crippen molar-refractivity contribution in [3.05, 3.63) is 63.7 Å². The Morgan fingerprint density at radius 3 is 2.42 bits per heavy atom. The van der Waals surface area contributed by atoms with Crippen LogP contribution in [0.1, 0.15) is 48.5 Å². The van der Waals surface area contributed by atoms with Gasteiger partial charge in [-0.25, -0.2) is 13.6 Å². The standard InChI is InChI=1S/C29H27ClF4N2O7/c1-2-22(36-8-5-15-3-4-16(30)11-18(15)29(36)40)28(39)35-21(13-24(38)43-17-6-9-41-10-7-17)23(37)14-42-27-25(33)19(31)12-20(32)26(27)34/h3-4,8,11-12,17,21-22H,2,5-7,9-10,13-14H2,1H3/p+1/t21?,22-/m0/s1. The molecule has 2 aromatic rings. The molecule has 0 bridgehead atoms. The van der Waals surface area contributed by atoms with Crippen molar-refractivity contribution in [2.75, 3.05) is 19.8 Å². The summed E-state index contributed by atoms with van der Waals surface area (Å²) >= 11 is 6.05. The molecule has 1 N–H and O–H groups in total. The second kappa shape index (κ2) is 14.1. The van der Waals surface area contributed by atoms with Crippen LogP contribution in [0.5, 0.6) is 5.75 Å². The third-order valence-electron chi connectivity index (χ3n) is 7.04. The van der Waals surface area contributed by atoms with Gasteiger partial charge in [0.05, 0.1) is 31.6 Å². The van der Waals surface area contributed by atoms with E-state index in [1.807, 2.05) is 0 Å². The maximum atomic E-state index is 14.1. The SMILES string of the molecule is CC[C@@H](C(=O)NC(CC(=O)OC1CCOCC1)C(=O)COc1c(F)c(F)cc(F)c1F)[N+]1=CCc2ccc(Cl)cc2C1=O. The van der Waals surface area contributed by atoms with Crippen LogP contribution in [0.3, 0.4) is 0 Å². The molecule has 1 unspecified atom stereocenters. The van der Waals surface area contributed by atoms with Gasteiger partial charge in [-0.15, -0.1) is 0 Å². The minimum absolute atomic E-state index is 0.0230. The van der Waals surface area contributed by atoms with Gasteiger partial charge in [0.1, 0.15) is 18.8 Å². The summed E-state index contributed by atoms with van der Waals surface area (Å²) in [6.45, 7) is 1.18. The third kappa shape index (κ3) is 7.57. The quantitative estimate of drug-likeness (QED) is 0.175. The van der Waals surface area contributed by atoms with Gasteiger partial charge in [-0.1, -0.05) is 24.6 Å². The number of rotatable bonds is 11. The van der Waals surface area contributed by atoms with Crippen molar-refractivity contribution >= 4 is 41.4 Å². The number of carbonyl (C=O) groups excluding carboxylic acids is 4. The minimum atomic E-state index is -1.86. The zero-order valence-corrected chi connectivity index (χ0v) is 23.7. The van der Waals surface area contributed by atoms with Crippen molar-refractivity contribution in [2.45, 2.75) is 57.2 Å². The van der Waals surface area contributed by atoms with Gasteiger partial charge in [-0.3, -0.25) is 14.4 Å². The number of halogens is 5. The number of hydrogen-bond donors (Lipinski definition) is 1. The highest BCUT2D eigenvalue weighted by molar-refractivity contribution is 6.31. The molecule has 230 valence electrons. The predicted octanol–water partition coefficient (Wildman–Crippen LogP) is 3.70. The molecule has 2 amide bonds. The Hall–Kier alpha value is -3.84. The fraction of sp³-hybridized carbons (Fsp3) is 0.414. The van der Waals surface area contributed by atoms with Crippen molar-refractivity contribution in [3.8, 4) is 5.75 Å². The van der Waals surface area contributed by atoms with Gasteiger partial charge in [0.15, 0.2) is 29.4 Å². The van der Waals surface area contributed by atoms with Gasteiger partial charge >= 0.3 is 11.9 Å². The second-order valence-corrected chi connectivity index (χ2v) is 10.4. The first-order valence-corrected chi connectivity index (χ1v) is 13.9. The molecule has 9 nitrogen and oxygen atoms in total. The van der Waals surface area contributed by atoms with E-state index >= 15 is 0 Å². The molecule has 0 aromatic heterocycles. The van der Waals surface area contributed by atoms with E-state index in [1.54, 1.807) is 19.1 Å². The highest BCUT2D eigenvalue weighted by atomic mass is 35.5. The van der Waals surface area contributed by atoms with Gasteiger partial charge in [0.25, 0.3) is 5.91 Å². The first kappa shape index (κ1) is 32.1. The third-order valence-corrected chi connectivity index (χ3v) is 7.28. The van der Waals surface area contributed by atoms with Gasteiger partial charge in [0, 0.05) is 30.4 Å². The Morgan fingerprint density at radius 1 is 1.09 bits per heavy atom. The first-order chi connectivity index (χ1) is 20.5. The molecule has 2 heterocycles. The number of nitrogens with zero attached hydrogens (tertiary/aromatic N) is 1. The fourth-order valence-corrected chi connectivity index (χ4v) is 4.92. The lowest BCUT2D eigenvalue weighted by Crippen LogP contribution is -2.52. The van der Waals surface area contributed by atoms with Gasteiger partial charge in [0.2, 0.25) is 17.7 Å². The largest absolute Gasteiger partial charge is 0.479 e. The summed E-state index contributed by atoms with van der Waals surface area (Å²) in [6.07, 6.45) is 1.60. The van der Waals surface area contributed by atoms with Crippen LogP contribution in [-0.2, 0) is 30.3 Å². The van der Waals surface area contributed by atoms with Crippen molar-refractivity contribution in [1.82, 2.24) is 5.32 Å². The summed E-state index contributed by atoms with van der Waals surface area (Å²) in [5.41, 5.74) is 1.00. The van der Waals surface area contributed by atoms with E-state index in [1.165, 1.54) is 16.9 Å². The molecule has 2 atom stereocenters. The number of esters is 1. The van der Waals surface area contributed by atoms with E-state index in [4.69, 9.17) is 25.8 Å². The topological polar surface area (TPSA) is 111 Å². The maximum Gasteiger partial charge on any atom is 0.420 e. The lowest BCUT2D eigenvalue weighted by molar-refractivity contribution is -0.456. The van der Waals surface area contributed by atoms with Crippen LogP contribution >= 0.6 is 11.6 Å². The molecule has 0 aliphatic carbocycles. The normalized spacial score (nSPS) is 16.5. The van der Waals surface area contributed by atoms with Gasteiger partial charge in [-0.2, -0.15) is 13.4 Å². The molecule has 1 fully saturated rings. The highest BCUT2D eigenvalue weighted by Gasteiger charge is 2.39.